The number of nitrogens with two attached hydrogens (primary N) is 1. The van der Waals surface area contributed by atoms with Crippen LogP contribution >= 0.6 is 0 Å². The predicted molar refractivity (Wildman–Crippen MR) is 73.4 cm³/mol. The van der Waals surface area contributed by atoms with Crippen molar-refractivity contribution in [3.63, 3.8) is 0 Å². The lowest BCUT2D eigenvalue weighted by Gasteiger charge is -2.19. The Bertz CT molecular complexity index is 350. The molecule has 0 aliphatic carbocycles. The second-order valence-corrected chi connectivity index (χ2v) is 7.48. The minimum atomic E-state index is -3.50. The molecule has 1 unspecified atom stereocenters. The van der Waals surface area contributed by atoms with Gasteiger partial charge in [0.2, 0.25) is 15.9 Å². The molecule has 1 amide bonds. The van der Waals surface area contributed by atoms with Gasteiger partial charge >= 0.3 is 0 Å². The zero-order valence-corrected chi connectivity index (χ0v) is 12.6. The van der Waals surface area contributed by atoms with Gasteiger partial charge in [0.15, 0.2) is 0 Å². The predicted octanol–water partition coefficient (Wildman–Crippen LogP) is 1.24. The third-order valence-corrected chi connectivity index (χ3v) is 4.85. The van der Waals surface area contributed by atoms with Crippen LogP contribution in [-0.4, -0.2) is 26.1 Å². The number of amides is 1. The summed E-state index contributed by atoms with van der Waals surface area (Å²) in [7, 11) is -3.50. The number of hydrogen-bond acceptors (Lipinski definition) is 4. The highest BCUT2D eigenvalue weighted by Crippen LogP contribution is 2.20. The maximum absolute atomic E-state index is 11.6. The summed E-state index contributed by atoms with van der Waals surface area (Å²) in [6.07, 6.45) is 1.77. The third kappa shape index (κ3) is 6.35. The topological polar surface area (TPSA) is 89.3 Å². The Labute approximate surface area is 111 Å². The van der Waals surface area contributed by atoms with E-state index in [1.54, 1.807) is 13.8 Å². The van der Waals surface area contributed by atoms with Gasteiger partial charge in [-0.15, -0.1) is 0 Å². The first-order valence-electron chi connectivity index (χ1n) is 6.45. The van der Waals surface area contributed by atoms with Crippen LogP contribution in [0.5, 0.6) is 0 Å². The van der Waals surface area contributed by atoms with E-state index in [2.05, 4.69) is 18.6 Å². The van der Waals surface area contributed by atoms with E-state index in [9.17, 15) is 13.2 Å². The van der Waals surface area contributed by atoms with Gasteiger partial charge in [0.05, 0.1) is 5.25 Å². The summed E-state index contributed by atoms with van der Waals surface area (Å²) >= 11 is 0. The first-order chi connectivity index (χ1) is 8.20. The maximum atomic E-state index is 11.6. The van der Waals surface area contributed by atoms with E-state index in [1.807, 2.05) is 0 Å². The Kier molecular flexibility index (Phi) is 7.47. The van der Waals surface area contributed by atoms with E-state index in [4.69, 9.17) is 5.73 Å². The number of hydrogen-bond donors (Lipinski definition) is 2. The molecule has 0 saturated heterocycles. The lowest BCUT2D eigenvalue weighted by atomic mass is 9.88. The Morgan fingerprint density at radius 3 is 2.11 bits per heavy atom. The molecule has 0 rings (SSSR count). The van der Waals surface area contributed by atoms with E-state index in [0.29, 0.717) is 24.8 Å². The zero-order chi connectivity index (χ0) is 14.3. The van der Waals surface area contributed by atoms with Gasteiger partial charge in [-0.2, -0.15) is 0 Å². The molecule has 108 valence electrons. The van der Waals surface area contributed by atoms with E-state index < -0.39 is 21.2 Å². The van der Waals surface area contributed by atoms with Crippen molar-refractivity contribution in [2.45, 2.75) is 52.2 Å². The quantitative estimate of drug-likeness (QED) is 0.699. The summed E-state index contributed by atoms with van der Waals surface area (Å²) in [5.74, 6) is 0.386. The van der Waals surface area contributed by atoms with E-state index in [1.165, 1.54) is 0 Å². The monoisotopic (exact) mass is 278 g/mol. The van der Waals surface area contributed by atoms with Crippen LogP contribution in [0.3, 0.4) is 0 Å². The Morgan fingerprint density at radius 2 is 1.72 bits per heavy atom. The molecule has 0 spiro atoms. The van der Waals surface area contributed by atoms with E-state index >= 15 is 0 Å². The lowest BCUT2D eigenvalue weighted by molar-refractivity contribution is -0.119. The van der Waals surface area contributed by atoms with Crippen molar-refractivity contribution in [1.29, 1.82) is 0 Å². The van der Waals surface area contributed by atoms with Crippen LogP contribution in [0.4, 0.5) is 0 Å². The summed E-state index contributed by atoms with van der Waals surface area (Å²) in [4.78, 5) is 11.6. The van der Waals surface area contributed by atoms with Crippen LogP contribution in [0.1, 0.15) is 47.0 Å². The molecular weight excluding hydrogens is 252 g/mol. The largest absolute Gasteiger partial charge is 0.330 e. The molecule has 0 heterocycles. The third-order valence-electron chi connectivity index (χ3n) is 3.10. The molecule has 0 aromatic carbocycles. The van der Waals surface area contributed by atoms with Gasteiger partial charge in [-0.25, -0.2) is 8.42 Å². The van der Waals surface area contributed by atoms with Crippen molar-refractivity contribution in [2.75, 3.05) is 6.54 Å². The highest BCUT2D eigenvalue weighted by atomic mass is 32.2. The summed E-state index contributed by atoms with van der Waals surface area (Å²) < 4.78 is 25.1. The van der Waals surface area contributed by atoms with E-state index in [-0.39, 0.29) is 6.42 Å². The Morgan fingerprint density at radius 1 is 1.17 bits per heavy atom. The summed E-state index contributed by atoms with van der Waals surface area (Å²) in [5.41, 5.74) is 5.52. The fraction of sp³-hybridized carbons (Fsp3) is 0.917. The maximum Gasteiger partial charge on any atom is 0.237 e. The summed E-state index contributed by atoms with van der Waals surface area (Å²) in [6.45, 7) is 7.85. The lowest BCUT2D eigenvalue weighted by Crippen LogP contribution is -2.36. The minimum Gasteiger partial charge on any atom is -0.330 e. The Balaban J connectivity index is 4.25. The highest BCUT2D eigenvalue weighted by Gasteiger charge is 2.20. The normalized spacial score (nSPS) is 13.9. The number of rotatable bonds is 8. The molecular formula is C12H26N2O3S. The molecule has 18 heavy (non-hydrogen) atoms. The van der Waals surface area contributed by atoms with Gasteiger partial charge in [0, 0.05) is 6.42 Å². The zero-order valence-electron chi connectivity index (χ0n) is 11.8. The van der Waals surface area contributed by atoms with Gasteiger partial charge in [0.1, 0.15) is 0 Å². The van der Waals surface area contributed by atoms with Gasteiger partial charge in [-0.1, -0.05) is 13.8 Å². The van der Waals surface area contributed by atoms with Crippen molar-refractivity contribution >= 4 is 15.9 Å². The summed E-state index contributed by atoms with van der Waals surface area (Å²) in [5, 5.41) is -0.591. The van der Waals surface area contributed by atoms with Crippen LogP contribution in [0.25, 0.3) is 0 Å². The molecule has 0 aliphatic rings. The first kappa shape index (κ1) is 17.4. The second-order valence-electron chi connectivity index (χ2n) is 5.24. The fourth-order valence-corrected chi connectivity index (χ4v) is 2.32. The van der Waals surface area contributed by atoms with Crippen molar-refractivity contribution in [1.82, 2.24) is 4.72 Å². The van der Waals surface area contributed by atoms with E-state index in [0.717, 1.165) is 6.42 Å². The van der Waals surface area contributed by atoms with Crippen LogP contribution in [0, 0.1) is 11.8 Å². The van der Waals surface area contributed by atoms with Crippen LogP contribution < -0.4 is 10.5 Å². The molecule has 0 aromatic rings. The van der Waals surface area contributed by atoms with Gasteiger partial charge < -0.3 is 5.73 Å². The molecule has 3 N–H and O–H groups in total. The molecule has 5 nitrogen and oxygen atoms in total. The van der Waals surface area contributed by atoms with Crippen molar-refractivity contribution in [2.24, 2.45) is 17.6 Å². The SMILES string of the molecule is CC(C)C(CCN)CCC(=O)NS(=O)(=O)C(C)C. The number of nitrogens with one attached hydrogen (secondary N) is 1. The van der Waals surface area contributed by atoms with Gasteiger partial charge in [-0.05, 0) is 45.1 Å². The van der Waals surface area contributed by atoms with Crippen LogP contribution in [-0.2, 0) is 14.8 Å². The molecule has 0 radical (unpaired) electrons. The molecule has 0 aliphatic heterocycles. The Hall–Kier alpha value is -0.620. The van der Waals surface area contributed by atoms with Crippen LogP contribution in [0.2, 0.25) is 0 Å². The highest BCUT2D eigenvalue weighted by molar-refractivity contribution is 7.90. The van der Waals surface area contributed by atoms with Gasteiger partial charge in [-0.3, -0.25) is 9.52 Å². The molecule has 1 atom stereocenters. The first-order valence-corrected chi connectivity index (χ1v) is 7.99. The van der Waals surface area contributed by atoms with Crippen LogP contribution in [0.15, 0.2) is 0 Å². The van der Waals surface area contributed by atoms with Crippen molar-refractivity contribution in [3.05, 3.63) is 0 Å². The molecule has 0 aromatic heterocycles. The van der Waals surface area contributed by atoms with Crippen molar-refractivity contribution in [3.8, 4) is 0 Å². The number of sulfonamides is 1. The standard InChI is InChI=1S/C12H26N2O3S/c1-9(2)11(7-8-13)5-6-12(15)14-18(16,17)10(3)4/h9-11H,5-8,13H2,1-4H3,(H,14,15). The molecule has 0 saturated carbocycles. The average molecular weight is 278 g/mol. The molecule has 0 fully saturated rings. The number of carbonyl (C=O) groups is 1. The number of carbonyl (C=O) groups excluding carboxylic acids is 1. The summed E-state index contributed by atoms with van der Waals surface area (Å²) in [6, 6.07) is 0. The second kappa shape index (κ2) is 7.74. The van der Waals surface area contributed by atoms with Gasteiger partial charge in [0.25, 0.3) is 0 Å². The fourth-order valence-electron chi connectivity index (χ4n) is 1.67. The minimum absolute atomic E-state index is 0.231. The smallest absolute Gasteiger partial charge is 0.237 e. The molecule has 0 bridgehead atoms. The molecule has 6 heteroatoms. The van der Waals surface area contributed by atoms with Crippen molar-refractivity contribution < 1.29 is 13.2 Å². The average Bonchev–Trinajstić information content (AvgIpc) is 2.22.